The Hall–Kier alpha value is -3.11. The van der Waals surface area contributed by atoms with Crippen molar-refractivity contribution in [1.29, 1.82) is 0 Å². The summed E-state index contributed by atoms with van der Waals surface area (Å²) in [4.78, 5) is 13.1. The average Bonchev–Trinajstić information content (AvgIpc) is 2.86. The fourth-order valence-corrected chi connectivity index (χ4v) is 5.01. The Kier molecular flexibility index (Phi) is 7.38. The maximum Gasteiger partial charge on any atom is 0.255 e. The van der Waals surface area contributed by atoms with E-state index in [4.69, 9.17) is 25.8 Å². The van der Waals surface area contributed by atoms with E-state index in [1.165, 1.54) is 22.5 Å². The van der Waals surface area contributed by atoms with E-state index in [-0.39, 0.29) is 23.5 Å². The topological polar surface area (TPSA) is 94.2 Å². The fraction of sp³-hybridized carbons (Fsp3) is 0.208. The zero-order valence-electron chi connectivity index (χ0n) is 18.4. The number of carbonyl (C=O) groups excluding carboxylic acids is 1. The number of sulfonamides is 1. The van der Waals surface area contributed by atoms with Gasteiger partial charge in [-0.05, 0) is 60.7 Å². The number of nitrogens with one attached hydrogen (secondary N) is 1. The molecule has 1 fully saturated rings. The fourth-order valence-electron chi connectivity index (χ4n) is 3.39. The van der Waals surface area contributed by atoms with Crippen LogP contribution in [0.3, 0.4) is 0 Å². The van der Waals surface area contributed by atoms with Gasteiger partial charge in [0.15, 0.2) is 5.75 Å². The van der Waals surface area contributed by atoms with Crippen LogP contribution in [0.1, 0.15) is 10.4 Å². The molecule has 8 nitrogen and oxygen atoms in total. The van der Waals surface area contributed by atoms with Crippen LogP contribution in [0, 0.1) is 0 Å². The van der Waals surface area contributed by atoms with Gasteiger partial charge in [0.05, 0.1) is 30.9 Å². The molecule has 0 saturated carbocycles. The standard InChI is InChI=1S/C24H23ClN2O6S/c1-31-19-6-8-20(9-7-19)33-23-10-5-18(25)16-22(23)26-24(28)17-3-2-4-21(15-17)34(29,30)27-11-13-32-14-12-27/h2-10,15-16H,11-14H2,1H3,(H,26,28). The van der Waals surface area contributed by atoms with Gasteiger partial charge in [0, 0.05) is 23.7 Å². The van der Waals surface area contributed by atoms with Gasteiger partial charge >= 0.3 is 0 Å². The highest BCUT2D eigenvalue weighted by atomic mass is 35.5. The number of carbonyl (C=O) groups is 1. The summed E-state index contributed by atoms with van der Waals surface area (Å²) in [5, 5.41) is 3.17. The number of methoxy groups -OCH3 is 1. The first kappa shape index (κ1) is 24.0. The summed E-state index contributed by atoms with van der Waals surface area (Å²) < 4.78 is 43.6. The van der Waals surface area contributed by atoms with E-state index < -0.39 is 15.9 Å². The lowest BCUT2D eigenvalue weighted by atomic mass is 10.2. The molecule has 0 aromatic heterocycles. The number of halogens is 1. The second-order valence-electron chi connectivity index (χ2n) is 7.42. The quantitative estimate of drug-likeness (QED) is 0.514. The molecule has 1 heterocycles. The Morgan fingerprint density at radius 1 is 1.00 bits per heavy atom. The second-order valence-corrected chi connectivity index (χ2v) is 9.79. The maximum absolute atomic E-state index is 13.0. The molecule has 1 amide bonds. The van der Waals surface area contributed by atoms with Crippen molar-refractivity contribution >= 4 is 33.2 Å². The number of amides is 1. The number of hydrogen-bond donors (Lipinski definition) is 1. The molecule has 0 atom stereocenters. The molecule has 1 saturated heterocycles. The molecule has 3 aromatic carbocycles. The van der Waals surface area contributed by atoms with E-state index in [0.717, 1.165) is 0 Å². The molecule has 0 bridgehead atoms. The monoisotopic (exact) mass is 502 g/mol. The summed E-state index contributed by atoms with van der Waals surface area (Å²) in [7, 11) is -2.16. The summed E-state index contributed by atoms with van der Waals surface area (Å²) in [6.07, 6.45) is 0. The number of rotatable bonds is 7. The molecule has 10 heteroatoms. The molecule has 0 unspecified atom stereocenters. The highest BCUT2D eigenvalue weighted by Crippen LogP contribution is 2.33. The molecule has 3 aromatic rings. The van der Waals surface area contributed by atoms with E-state index in [1.807, 2.05) is 0 Å². The minimum Gasteiger partial charge on any atom is -0.497 e. The number of benzene rings is 3. The van der Waals surface area contributed by atoms with Crippen molar-refractivity contribution in [2.24, 2.45) is 0 Å². The first-order valence-electron chi connectivity index (χ1n) is 10.5. The van der Waals surface area contributed by atoms with Crippen molar-refractivity contribution in [2.45, 2.75) is 4.90 Å². The SMILES string of the molecule is COc1ccc(Oc2ccc(Cl)cc2NC(=O)c2cccc(S(=O)(=O)N3CCOCC3)c2)cc1. The van der Waals surface area contributed by atoms with Gasteiger partial charge in [-0.15, -0.1) is 0 Å². The Labute approximate surface area is 203 Å². The van der Waals surface area contributed by atoms with Crippen molar-refractivity contribution in [2.75, 3.05) is 38.7 Å². The smallest absolute Gasteiger partial charge is 0.255 e. The van der Waals surface area contributed by atoms with Crippen LogP contribution >= 0.6 is 11.6 Å². The lowest BCUT2D eigenvalue weighted by Crippen LogP contribution is -2.40. The number of nitrogens with zero attached hydrogens (tertiary/aromatic N) is 1. The lowest BCUT2D eigenvalue weighted by Gasteiger charge is -2.26. The van der Waals surface area contributed by atoms with Gasteiger partial charge in [-0.1, -0.05) is 17.7 Å². The third-order valence-corrected chi connectivity index (χ3v) is 7.31. The van der Waals surface area contributed by atoms with Crippen LogP contribution in [0.4, 0.5) is 5.69 Å². The minimum absolute atomic E-state index is 0.0443. The van der Waals surface area contributed by atoms with E-state index in [2.05, 4.69) is 5.32 Å². The van der Waals surface area contributed by atoms with Gasteiger partial charge in [0.25, 0.3) is 5.91 Å². The molecule has 0 radical (unpaired) electrons. The van der Waals surface area contributed by atoms with Gasteiger partial charge in [-0.2, -0.15) is 4.31 Å². The van der Waals surface area contributed by atoms with Gasteiger partial charge in [-0.25, -0.2) is 8.42 Å². The van der Waals surface area contributed by atoms with Gasteiger partial charge in [-0.3, -0.25) is 4.79 Å². The summed E-state index contributed by atoms with van der Waals surface area (Å²) in [6.45, 7) is 1.22. The maximum atomic E-state index is 13.0. The molecule has 1 aliphatic rings. The summed E-state index contributed by atoms with van der Waals surface area (Å²) >= 11 is 6.14. The Morgan fingerprint density at radius 3 is 2.41 bits per heavy atom. The van der Waals surface area contributed by atoms with Crippen molar-refractivity contribution < 1.29 is 27.4 Å². The van der Waals surface area contributed by atoms with Crippen LogP contribution in [-0.2, 0) is 14.8 Å². The van der Waals surface area contributed by atoms with E-state index in [9.17, 15) is 13.2 Å². The van der Waals surface area contributed by atoms with Crippen LogP contribution in [0.15, 0.2) is 71.6 Å². The number of ether oxygens (including phenoxy) is 3. The zero-order chi connectivity index (χ0) is 24.1. The molecule has 0 aliphatic carbocycles. The molecular weight excluding hydrogens is 480 g/mol. The molecule has 4 rings (SSSR count). The molecular formula is C24H23ClN2O6S. The number of hydrogen-bond acceptors (Lipinski definition) is 6. The Morgan fingerprint density at radius 2 is 1.71 bits per heavy atom. The lowest BCUT2D eigenvalue weighted by molar-refractivity contribution is 0.0730. The van der Waals surface area contributed by atoms with Gasteiger partial charge in [0.1, 0.15) is 11.5 Å². The third kappa shape index (κ3) is 5.51. The van der Waals surface area contributed by atoms with Crippen LogP contribution in [-0.4, -0.2) is 52.0 Å². The molecule has 178 valence electrons. The van der Waals surface area contributed by atoms with Crippen molar-refractivity contribution in [3.8, 4) is 17.2 Å². The highest BCUT2D eigenvalue weighted by molar-refractivity contribution is 7.89. The Bertz CT molecular complexity index is 1270. The van der Waals surface area contributed by atoms with Crippen LogP contribution < -0.4 is 14.8 Å². The van der Waals surface area contributed by atoms with Crippen LogP contribution in [0.2, 0.25) is 5.02 Å². The summed E-state index contributed by atoms with van der Waals surface area (Å²) in [5.41, 5.74) is 0.527. The average molecular weight is 503 g/mol. The Balaban J connectivity index is 1.56. The predicted molar refractivity (Wildman–Crippen MR) is 128 cm³/mol. The molecule has 0 spiro atoms. The normalized spacial score (nSPS) is 14.4. The van der Waals surface area contributed by atoms with Gasteiger partial charge < -0.3 is 19.5 Å². The third-order valence-electron chi connectivity index (χ3n) is 5.18. The van der Waals surface area contributed by atoms with Gasteiger partial charge in [0.2, 0.25) is 10.0 Å². The molecule has 34 heavy (non-hydrogen) atoms. The second kappa shape index (κ2) is 10.4. The highest BCUT2D eigenvalue weighted by Gasteiger charge is 2.27. The van der Waals surface area contributed by atoms with Crippen LogP contribution in [0.25, 0.3) is 0 Å². The number of anilines is 1. The number of morpholine rings is 1. The minimum atomic E-state index is -3.73. The van der Waals surface area contributed by atoms with Crippen molar-refractivity contribution in [1.82, 2.24) is 4.31 Å². The van der Waals surface area contributed by atoms with Crippen molar-refractivity contribution in [3.05, 3.63) is 77.3 Å². The summed E-state index contributed by atoms with van der Waals surface area (Å²) in [5.74, 6) is 1.10. The molecule has 1 N–H and O–H groups in total. The first-order chi connectivity index (χ1) is 16.4. The molecule has 1 aliphatic heterocycles. The van der Waals surface area contributed by atoms with Crippen LogP contribution in [0.5, 0.6) is 17.2 Å². The first-order valence-corrected chi connectivity index (χ1v) is 12.3. The van der Waals surface area contributed by atoms with E-state index >= 15 is 0 Å². The largest absolute Gasteiger partial charge is 0.497 e. The summed E-state index contributed by atoms with van der Waals surface area (Å²) in [6, 6.07) is 17.7. The zero-order valence-corrected chi connectivity index (χ0v) is 19.9. The van der Waals surface area contributed by atoms with E-state index in [1.54, 1.807) is 55.6 Å². The predicted octanol–water partition coefficient (Wildman–Crippen LogP) is 4.41. The van der Waals surface area contributed by atoms with Crippen molar-refractivity contribution in [3.63, 3.8) is 0 Å². The van der Waals surface area contributed by atoms with E-state index in [0.29, 0.717) is 41.2 Å².